The van der Waals surface area contributed by atoms with Crippen LogP contribution < -0.4 is 8.92 Å². The van der Waals surface area contributed by atoms with Gasteiger partial charge >= 0.3 is 15.6 Å². The minimum atomic E-state index is -6.04. The summed E-state index contributed by atoms with van der Waals surface area (Å²) in [5, 5.41) is -0.0562. The summed E-state index contributed by atoms with van der Waals surface area (Å²) in [7, 11) is -9.21. The zero-order chi connectivity index (χ0) is 24.8. The minimum absolute atomic E-state index is 0.0124. The van der Waals surface area contributed by atoms with Crippen molar-refractivity contribution in [3.63, 3.8) is 0 Å². The molecule has 1 atom stereocenters. The van der Waals surface area contributed by atoms with Gasteiger partial charge in [-0.25, -0.2) is 0 Å². The number of ether oxygens (including phenoxy) is 1. The zero-order valence-corrected chi connectivity index (χ0v) is 19.7. The molecular formula is C20H18ClF3O7S2. The Morgan fingerprint density at radius 1 is 1.24 bits per heavy atom. The second kappa shape index (κ2) is 8.82. The number of halogens is 4. The van der Waals surface area contributed by atoms with Gasteiger partial charge in [-0.3, -0.25) is 4.18 Å². The van der Waals surface area contributed by atoms with E-state index in [1.807, 2.05) is 0 Å². The molecule has 0 amide bonds. The van der Waals surface area contributed by atoms with E-state index in [-0.39, 0.29) is 45.2 Å². The van der Waals surface area contributed by atoms with Crippen molar-refractivity contribution in [3.05, 3.63) is 64.2 Å². The van der Waals surface area contributed by atoms with Crippen molar-refractivity contribution in [1.82, 2.24) is 0 Å². The van der Waals surface area contributed by atoms with E-state index >= 15 is 0 Å². The van der Waals surface area contributed by atoms with Crippen LogP contribution in [0.2, 0.25) is 5.02 Å². The molecule has 0 N–H and O–H groups in total. The van der Waals surface area contributed by atoms with Gasteiger partial charge in [0, 0.05) is 28.1 Å². The van der Waals surface area contributed by atoms with Crippen molar-refractivity contribution < 1.29 is 43.1 Å². The fraction of sp³-hybridized carbons (Fsp3) is 0.300. The summed E-state index contributed by atoms with van der Waals surface area (Å²) in [4.78, 5) is -0.198. The number of alkyl halides is 3. The van der Waals surface area contributed by atoms with Gasteiger partial charge in [-0.2, -0.15) is 30.0 Å². The first-order chi connectivity index (χ1) is 15.2. The molecule has 0 saturated carbocycles. The average Bonchev–Trinajstić information content (AvgIpc) is 3.13. The highest BCUT2D eigenvalue weighted by Gasteiger charge is 2.50. The lowest BCUT2D eigenvalue weighted by atomic mass is 10.00. The molecule has 3 rings (SSSR count). The summed E-state index contributed by atoms with van der Waals surface area (Å²) >= 11 is 6.20. The molecule has 0 saturated heterocycles. The highest BCUT2D eigenvalue weighted by molar-refractivity contribution is 7.88. The quantitative estimate of drug-likeness (QED) is 0.295. The molecule has 180 valence electrons. The normalized spacial score (nSPS) is 16.2. The predicted octanol–water partition coefficient (Wildman–Crippen LogP) is 4.62. The topological polar surface area (TPSA) is 96.0 Å². The number of aryl methyl sites for hydroxylation is 1. The summed E-state index contributed by atoms with van der Waals surface area (Å²) in [6.07, 6.45) is 0.181. The van der Waals surface area contributed by atoms with Gasteiger partial charge in [0.25, 0.3) is 10.1 Å². The molecule has 1 aliphatic heterocycles. The van der Waals surface area contributed by atoms with Crippen LogP contribution in [0.15, 0.2) is 41.8 Å². The second-order valence-electron chi connectivity index (χ2n) is 7.10. The van der Waals surface area contributed by atoms with E-state index in [0.29, 0.717) is 5.56 Å². The van der Waals surface area contributed by atoms with Gasteiger partial charge < -0.3 is 8.92 Å². The van der Waals surface area contributed by atoms with Crippen LogP contribution in [0.3, 0.4) is 0 Å². The Morgan fingerprint density at radius 3 is 2.48 bits per heavy atom. The van der Waals surface area contributed by atoms with E-state index in [0.717, 1.165) is 7.11 Å². The number of benzene rings is 2. The molecule has 2 aromatic rings. The molecule has 0 aliphatic carbocycles. The van der Waals surface area contributed by atoms with E-state index in [9.17, 15) is 30.0 Å². The summed E-state index contributed by atoms with van der Waals surface area (Å²) in [5.41, 5.74) is -4.66. The smallest absolute Gasteiger partial charge is 0.481 e. The molecule has 2 aromatic carbocycles. The van der Waals surface area contributed by atoms with Crippen molar-refractivity contribution >= 4 is 31.8 Å². The zero-order valence-electron chi connectivity index (χ0n) is 17.3. The Kier molecular flexibility index (Phi) is 6.77. The first-order valence-electron chi connectivity index (χ1n) is 9.25. The van der Waals surface area contributed by atoms with Crippen LogP contribution in [0.1, 0.15) is 28.4 Å². The van der Waals surface area contributed by atoms with Gasteiger partial charge in [-0.05, 0) is 25.5 Å². The molecular weight excluding hydrogens is 509 g/mol. The van der Waals surface area contributed by atoms with E-state index in [2.05, 4.69) is 14.9 Å². The van der Waals surface area contributed by atoms with Crippen LogP contribution in [0.25, 0.3) is 0 Å². The standard InChI is InChI=1S/C20H18ClF3O7S2/c1-4-5-13-15(21)9-12-10-16(14-8-11(2)6-7-17(14)32(25,26)29-3)30-18(12)19(13)31-33(27,28)20(22,23)24/h4,6-9,16H,1,5,10H2,2-3H3. The Labute approximate surface area is 194 Å². The van der Waals surface area contributed by atoms with Gasteiger partial charge in [0.1, 0.15) is 11.0 Å². The Balaban J connectivity index is 2.17. The van der Waals surface area contributed by atoms with Crippen LogP contribution in [0.4, 0.5) is 13.2 Å². The van der Waals surface area contributed by atoms with Crippen LogP contribution >= 0.6 is 11.6 Å². The molecule has 7 nitrogen and oxygen atoms in total. The highest BCUT2D eigenvalue weighted by Crippen LogP contribution is 2.49. The average molecular weight is 527 g/mol. The number of rotatable bonds is 7. The third kappa shape index (κ3) is 4.84. The molecule has 13 heteroatoms. The molecule has 0 fully saturated rings. The van der Waals surface area contributed by atoms with E-state index < -0.39 is 37.6 Å². The maximum absolute atomic E-state index is 13.0. The van der Waals surface area contributed by atoms with Gasteiger partial charge in [-0.1, -0.05) is 35.4 Å². The number of allylic oxidation sites excluding steroid dienone is 1. The number of hydrogen-bond acceptors (Lipinski definition) is 7. The summed E-state index contributed by atoms with van der Waals surface area (Å²) in [6, 6.07) is 5.79. The third-order valence-corrected chi connectivity index (χ3v) is 7.49. The lowest BCUT2D eigenvalue weighted by molar-refractivity contribution is -0.0500. The molecule has 1 aliphatic rings. The first-order valence-corrected chi connectivity index (χ1v) is 12.4. The van der Waals surface area contributed by atoms with Gasteiger partial charge in [0.15, 0.2) is 11.5 Å². The predicted molar refractivity (Wildman–Crippen MR) is 113 cm³/mol. The fourth-order valence-corrected chi connectivity index (χ4v) is 5.03. The first kappa shape index (κ1) is 25.3. The number of fused-ring (bicyclic) bond motifs is 1. The van der Waals surface area contributed by atoms with Gasteiger partial charge in [-0.15, -0.1) is 6.58 Å². The van der Waals surface area contributed by atoms with Crippen LogP contribution in [-0.4, -0.2) is 29.5 Å². The maximum atomic E-state index is 13.0. The second-order valence-corrected chi connectivity index (χ2v) is 10.7. The Bertz CT molecular complexity index is 1320. The van der Waals surface area contributed by atoms with Crippen molar-refractivity contribution in [3.8, 4) is 11.5 Å². The lowest BCUT2D eigenvalue weighted by Crippen LogP contribution is -2.28. The van der Waals surface area contributed by atoms with Crippen molar-refractivity contribution in [2.45, 2.75) is 36.3 Å². The van der Waals surface area contributed by atoms with Crippen molar-refractivity contribution in [1.29, 1.82) is 0 Å². The SMILES string of the molecule is C=CCc1c(Cl)cc2c(c1OS(=O)(=O)C(F)(F)F)OC(c1cc(C)ccc1S(=O)(=O)OC)C2. The van der Waals surface area contributed by atoms with E-state index in [4.69, 9.17) is 16.3 Å². The minimum Gasteiger partial charge on any atom is -0.481 e. The van der Waals surface area contributed by atoms with Gasteiger partial charge in [0.05, 0.1) is 7.11 Å². The van der Waals surface area contributed by atoms with E-state index in [1.54, 1.807) is 13.0 Å². The van der Waals surface area contributed by atoms with Crippen molar-refractivity contribution in [2.24, 2.45) is 0 Å². The van der Waals surface area contributed by atoms with Crippen LogP contribution in [-0.2, 0) is 37.3 Å². The molecule has 33 heavy (non-hydrogen) atoms. The van der Waals surface area contributed by atoms with E-state index in [1.165, 1.54) is 24.3 Å². The summed E-state index contributed by atoms with van der Waals surface area (Å²) in [6.45, 7) is 5.20. The maximum Gasteiger partial charge on any atom is 0.534 e. The molecule has 0 spiro atoms. The lowest BCUT2D eigenvalue weighted by Gasteiger charge is -2.18. The van der Waals surface area contributed by atoms with Crippen LogP contribution in [0, 0.1) is 6.92 Å². The molecule has 0 radical (unpaired) electrons. The van der Waals surface area contributed by atoms with Crippen molar-refractivity contribution in [2.75, 3.05) is 7.11 Å². The Morgan fingerprint density at radius 2 is 1.91 bits per heavy atom. The summed E-state index contributed by atoms with van der Waals surface area (Å²) < 4.78 is 102. The Hall–Kier alpha value is -2.28. The molecule has 0 bridgehead atoms. The monoisotopic (exact) mass is 526 g/mol. The third-order valence-electron chi connectivity index (χ3n) is 4.85. The highest BCUT2D eigenvalue weighted by atomic mass is 35.5. The summed E-state index contributed by atoms with van der Waals surface area (Å²) in [5.74, 6) is -1.00. The molecule has 0 aromatic heterocycles. The molecule has 1 unspecified atom stereocenters. The van der Waals surface area contributed by atoms with Crippen LogP contribution in [0.5, 0.6) is 11.5 Å². The number of hydrogen-bond donors (Lipinski definition) is 0. The molecule has 1 heterocycles. The van der Waals surface area contributed by atoms with Gasteiger partial charge in [0.2, 0.25) is 0 Å². The fourth-order valence-electron chi connectivity index (χ4n) is 3.35. The largest absolute Gasteiger partial charge is 0.534 e.